The van der Waals surface area contributed by atoms with Crippen molar-refractivity contribution in [2.45, 2.75) is 25.7 Å². The fraction of sp³-hybridized carbons (Fsp3) is 0.211. The summed E-state index contributed by atoms with van der Waals surface area (Å²) in [4.78, 5) is 25.0. The number of amides is 1. The Hall–Kier alpha value is -3.09. The largest absolute Gasteiger partial charge is 0.454 e. The lowest BCUT2D eigenvalue weighted by Gasteiger charge is -2.15. The monoisotopic (exact) mass is 497 g/mol. The molecule has 3 heterocycles. The van der Waals surface area contributed by atoms with Gasteiger partial charge in [0.1, 0.15) is 20.5 Å². The molecule has 0 saturated heterocycles. The van der Waals surface area contributed by atoms with Crippen LogP contribution >= 0.6 is 22.9 Å². The second-order valence-electron chi connectivity index (χ2n) is 6.82. The van der Waals surface area contributed by atoms with Crippen molar-refractivity contribution in [3.8, 4) is 11.5 Å². The predicted molar refractivity (Wildman–Crippen MR) is 117 cm³/mol. The van der Waals surface area contributed by atoms with Gasteiger partial charge in [-0.3, -0.25) is 9.59 Å². The molecule has 168 valence electrons. The van der Waals surface area contributed by atoms with Crippen molar-refractivity contribution >= 4 is 56.2 Å². The highest BCUT2D eigenvalue weighted by Crippen LogP contribution is 2.42. The Kier molecular flexibility index (Phi) is 5.61. The van der Waals surface area contributed by atoms with Gasteiger partial charge in [0.25, 0.3) is 21.8 Å². The standard InChI is InChI=1S/C19H16ClN3O7S2/c1-8-6-11-16(29-7-28-11)13(10(3)24)15(8)21-18(25)17-12(4-5-31-17)32(26,27)23-19-14(20)9(2)22-30-19/h4-6,23H,7H2,1-3H3,(H,21,25). The molecule has 0 aliphatic carbocycles. The van der Waals surface area contributed by atoms with E-state index < -0.39 is 15.9 Å². The number of sulfonamides is 1. The summed E-state index contributed by atoms with van der Waals surface area (Å²) in [6, 6.07) is 2.91. The number of benzene rings is 1. The fourth-order valence-electron chi connectivity index (χ4n) is 3.11. The molecule has 0 unspecified atom stereocenters. The lowest BCUT2D eigenvalue weighted by atomic mass is 10.0. The Morgan fingerprint density at radius 1 is 1.25 bits per heavy atom. The van der Waals surface area contributed by atoms with Crippen LogP contribution in [0.3, 0.4) is 0 Å². The highest BCUT2D eigenvalue weighted by molar-refractivity contribution is 7.93. The van der Waals surface area contributed by atoms with Crippen molar-refractivity contribution < 1.29 is 32.0 Å². The number of ether oxygens (including phenoxy) is 2. The minimum absolute atomic E-state index is 0.0110. The van der Waals surface area contributed by atoms with E-state index in [1.54, 1.807) is 19.9 Å². The molecule has 3 aromatic rings. The van der Waals surface area contributed by atoms with E-state index in [1.165, 1.54) is 18.4 Å². The van der Waals surface area contributed by atoms with E-state index >= 15 is 0 Å². The highest BCUT2D eigenvalue weighted by atomic mass is 35.5. The Morgan fingerprint density at radius 3 is 2.66 bits per heavy atom. The molecule has 1 aliphatic heterocycles. The second-order valence-corrected chi connectivity index (χ2v) is 9.76. The number of rotatable bonds is 6. The zero-order valence-corrected chi connectivity index (χ0v) is 19.3. The van der Waals surface area contributed by atoms with Gasteiger partial charge in [0.15, 0.2) is 17.3 Å². The van der Waals surface area contributed by atoms with Crippen molar-refractivity contribution in [3.05, 3.63) is 44.2 Å². The van der Waals surface area contributed by atoms with Gasteiger partial charge in [0, 0.05) is 0 Å². The number of ketones is 1. The van der Waals surface area contributed by atoms with Gasteiger partial charge in [-0.15, -0.1) is 11.3 Å². The number of hydrogen-bond donors (Lipinski definition) is 2. The number of nitrogens with zero attached hydrogens (tertiary/aromatic N) is 1. The van der Waals surface area contributed by atoms with Crippen LogP contribution < -0.4 is 19.5 Å². The number of carbonyl (C=O) groups is 2. The lowest BCUT2D eigenvalue weighted by Crippen LogP contribution is -2.20. The molecule has 1 aliphatic rings. The summed E-state index contributed by atoms with van der Waals surface area (Å²) >= 11 is 6.90. The van der Waals surface area contributed by atoms with E-state index in [9.17, 15) is 18.0 Å². The van der Waals surface area contributed by atoms with Gasteiger partial charge < -0.3 is 19.3 Å². The van der Waals surface area contributed by atoms with E-state index in [1.807, 2.05) is 0 Å². The summed E-state index contributed by atoms with van der Waals surface area (Å²) in [5.41, 5.74) is 1.22. The molecule has 10 nitrogen and oxygen atoms in total. The van der Waals surface area contributed by atoms with Crippen molar-refractivity contribution in [3.63, 3.8) is 0 Å². The number of Topliss-reactive ketones (excluding diaryl/α,β-unsaturated/α-hetero) is 1. The lowest BCUT2D eigenvalue weighted by molar-refractivity contribution is 0.101. The molecule has 1 amide bonds. The molecule has 2 aromatic heterocycles. The quantitative estimate of drug-likeness (QED) is 0.488. The van der Waals surface area contributed by atoms with Crippen LogP contribution in [-0.4, -0.2) is 32.1 Å². The van der Waals surface area contributed by atoms with Gasteiger partial charge in [0.2, 0.25) is 6.79 Å². The maximum absolute atomic E-state index is 13.1. The van der Waals surface area contributed by atoms with E-state index in [4.69, 9.17) is 25.6 Å². The molecule has 0 atom stereocenters. The van der Waals surface area contributed by atoms with Gasteiger partial charge in [-0.1, -0.05) is 16.8 Å². The summed E-state index contributed by atoms with van der Waals surface area (Å²) in [5, 5.41) is 7.70. The number of nitrogens with one attached hydrogen (secondary N) is 2. The Bertz CT molecular complexity index is 1360. The van der Waals surface area contributed by atoms with Crippen LogP contribution in [0.4, 0.5) is 11.6 Å². The molecule has 4 rings (SSSR count). The third-order valence-electron chi connectivity index (χ3n) is 4.59. The number of hydrogen-bond acceptors (Lipinski definition) is 9. The maximum Gasteiger partial charge on any atom is 0.267 e. The van der Waals surface area contributed by atoms with Crippen LogP contribution in [0.1, 0.15) is 38.2 Å². The summed E-state index contributed by atoms with van der Waals surface area (Å²) in [6.45, 7) is 4.52. The first-order valence-electron chi connectivity index (χ1n) is 9.07. The third kappa shape index (κ3) is 3.80. The van der Waals surface area contributed by atoms with Crippen molar-refractivity contribution in [1.29, 1.82) is 0 Å². The van der Waals surface area contributed by atoms with Crippen LogP contribution in [0.25, 0.3) is 0 Å². The minimum Gasteiger partial charge on any atom is -0.454 e. The zero-order valence-electron chi connectivity index (χ0n) is 16.9. The van der Waals surface area contributed by atoms with Gasteiger partial charge in [-0.05, 0) is 43.8 Å². The van der Waals surface area contributed by atoms with Crippen LogP contribution in [0.2, 0.25) is 5.02 Å². The Morgan fingerprint density at radius 2 is 2.00 bits per heavy atom. The van der Waals surface area contributed by atoms with Crippen LogP contribution in [0.5, 0.6) is 11.5 Å². The second kappa shape index (κ2) is 8.11. The number of anilines is 2. The first-order valence-corrected chi connectivity index (χ1v) is 11.8. The Balaban J connectivity index is 1.68. The van der Waals surface area contributed by atoms with E-state index in [2.05, 4.69) is 15.2 Å². The fourth-order valence-corrected chi connectivity index (χ4v) is 5.60. The molecule has 0 fully saturated rings. The molecular formula is C19H16ClN3O7S2. The molecule has 0 radical (unpaired) electrons. The van der Waals surface area contributed by atoms with Crippen molar-refractivity contribution in [2.75, 3.05) is 16.8 Å². The smallest absolute Gasteiger partial charge is 0.267 e. The number of aromatic nitrogens is 1. The first-order chi connectivity index (χ1) is 15.1. The predicted octanol–water partition coefficient (Wildman–Crippen LogP) is 3.99. The van der Waals surface area contributed by atoms with Crippen LogP contribution in [0, 0.1) is 13.8 Å². The molecular weight excluding hydrogens is 482 g/mol. The van der Waals surface area contributed by atoms with Crippen LogP contribution in [-0.2, 0) is 10.0 Å². The van der Waals surface area contributed by atoms with E-state index in [0.717, 1.165) is 11.3 Å². The molecule has 13 heteroatoms. The number of halogens is 1. The molecule has 0 spiro atoms. The summed E-state index contributed by atoms with van der Waals surface area (Å²) in [5.74, 6) is -0.693. The van der Waals surface area contributed by atoms with Crippen molar-refractivity contribution in [2.24, 2.45) is 0 Å². The first kappa shape index (κ1) is 22.1. The van der Waals surface area contributed by atoms with Crippen LogP contribution in [0.15, 0.2) is 26.9 Å². The number of fused-ring (bicyclic) bond motifs is 1. The topological polar surface area (TPSA) is 137 Å². The molecule has 2 N–H and O–H groups in total. The average Bonchev–Trinajstić information content (AvgIpc) is 3.45. The summed E-state index contributed by atoms with van der Waals surface area (Å²) in [6.07, 6.45) is 0. The Labute approximate surface area is 191 Å². The number of carbonyl (C=O) groups excluding carboxylic acids is 2. The zero-order chi connectivity index (χ0) is 23.2. The highest BCUT2D eigenvalue weighted by Gasteiger charge is 2.30. The maximum atomic E-state index is 13.1. The SMILES string of the molecule is CC(=O)c1c(NC(=O)c2sccc2S(=O)(=O)Nc2onc(C)c2Cl)c(C)cc2c1OCO2. The molecule has 0 saturated carbocycles. The number of thiophene rings is 1. The van der Waals surface area contributed by atoms with Gasteiger partial charge in [-0.25, -0.2) is 13.1 Å². The van der Waals surface area contributed by atoms with Gasteiger partial charge in [0.05, 0.1) is 11.3 Å². The normalized spacial score (nSPS) is 12.6. The summed E-state index contributed by atoms with van der Waals surface area (Å²) in [7, 11) is -4.22. The van der Waals surface area contributed by atoms with E-state index in [0.29, 0.717) is 17.0 Å². The molecule has 1 aromatic carbocycles. The average molecular weight is 498 g/mol. The summed E-state index contributed by atoms with van der Waals surface area (Å²) < 4.78 is 43.6. The van der Waals surface area contributed by atoms with E-state index in [-0.39, 0.29) is 50.3 Å². The van der Waals surface area contributed by atoms with Gasteiger partial charge >= 0.3 is 0 Å². The third-order valence-corrected chi connectivity index (χ3v) is 7.45. The number of aryl methyl sites for hydroxylation is 2. The minimum atomic E-state index is -4.22. The van der Waals surface area contributed by atoms with Gasteiger partial charge in [-0.2, -0.15) is 0 Å². The molecule has 0 bridgehead atoms. The van der Waals surface area contributed by atoms with Crippen molar-refractivity contribution in [1.82, 2.24) is 5.16 Å². The molecule has 32 heavy (non-hydrogen) atoms.